The first kappa shape index (κ1) is 17.5. The lowest BCUT2D eigenvalue weighted by atomic mass is 10.0. The van der Waals surface area contributed by atoms with Crippen molar-refractivity contribution in [1.82, 2.24) is 14.5 Å². The van der Waals surface area contributed by atoms with Gasteiger partial charge in [-0.1, -0.05) is 48.5 Å². The molecular formula is C23H24N4. The Morgan fingerprint density at radius 3 is 2.41 bits per heavy atom. The molecule has 0 aliphatic rings. The van der Waals surface area contributed by atoms with Gasteiger partial charge in [0.15, 0.2) is 0 Å². The maximum atomic E-state index is 5.63. The molecule has 0 atom stereocenters. The van der Waals surface area contributed by atoms with Crippen LogP contribution in [0.3, 0.4) is 0 Å². The Hall–Kier alpha value is -2.95. The number of para-hydroxylation sites is 1. The van der Waals surface area contributed by atoms with Crippen molar-refractivity contribution in [2.45, 2.75) is 6.54 Å². The molecule has 0 saturated carbocycles. The molecule has 1 heterocycles. The van der Waals surface area contributed by atoms with Crippen LogP contribution in [0.15, 0.2) is 79.1 Å². The maximum absolute atomic E-state index is 5.63. The second-order valence-corrected chi connectivity index (χ2v) is 6.88. The highest BCUT2D eigenvalue weighted by Crippen LogP contribution is 2.26. The minimum Gasteiger partial charge on any atom is -0.329 e. The fraction of sp³-hybridized carbons (Fsp3) is 0.174. The smallest absolute Gasteiger partial charge is 0.100 e. The Kier molecular flexibility index (Phi) is 5.01. The van der Waals surface area contributed by atoms with Crippen LogP contribution < -0.4 is 5.73 Å². The summed E-state index contributed by atoms with van der Waals surface area (Å²) in [6.45, 7) is 2.50. The monoisotopic (exact) mass is 356 g/mol. The maximum Gasteiger partial charge on any atom is 0.100 e. The molecule has 3 aromatic carbocycles. The first-order valence-electron chi connectivity index (χ1n) is 9.25. The van der Waals surface area contributed by atoms with Gasteiger partial charge in [0.05, 0.1) is 11.0 Å². The van der Waals surface area contributed by atoms with E-state index in [1.807, 2.05) is 24.5 Å². The van der Waals surface area contributed by atoms with Gasteiger partial charge >= 0.3 is 0 Å². The summed E-state index contributed by atoms with van der Waals surface area (Å²) >= 11 is 0. The van der Waals surface area contributed by atoms with Gasteiger partial charge in [-0.15, -0.1) is 0 Å². The SMILES string of the molecule is CN(CCN)Cc1ccc(-c2ccc3ncn(-c4ccccc4)c3c2)cc1. The zero-order chi connectivity index (χ0) is 18.6. The van der Waals surface area contributed by atoms with Crippen LogP contribution in [0.25, 0.3) is 27.8 Å². The Balaban J connectivity index is 1.64. The fourth-order valence-corrected chi connectivity index (χ4v) is 3.40. The third-order valence-electron chi connectivity index (χ3n) is 4.83. The standard InChI is InChI=1S/C23H24N4/c1-26(14-13-24)16-18-7-9-19(10-8-18)20-11-12-22-23(15-20)27(17-25-22)21-5-3-2-4-6-21/h2-12,15,17H,13-14,16,24H2,1H3. The Labute approximate surface area is 159 Å². The van der Waals surface area contributed by atoms with Crippen LogP contribution in [-0.2, 0) is 6.54 Å². The molecule has 0 unspecified atom stereocenters. The molecular weight excluding hydrogens is 332 g/mol. The van der Waals surface area contributed by atoms with E-state index in [-0.39, 0.29) is 0 Å². The number of rotatable bonds is 6. The molecule has 0 bridgehead atoms. The molecule has 0 amide bonds. The van der Waals surface area contributed by atoms with Gasteiger partial charge in [0.25, 0.3) is 0 Å². The summed E-state index contributed by atoms with van der Waals surface area (Å²) in [5.41, 5.74) is 12.6. The quantitative estimate of drug-likeness (QED) is 0.566. The van der Waals surface area contributed by atoms with Gasteiger partial charge in [-0.3, -0.25) is 4.57 Å². The lowest BCUT2D eigenvalue weighted by Crippen LogP contribution is -2.24. The van der Waals surface area contributed by atoms with E-state index in [0.29, 0.717) is 6.54 Å². The summed E-state index contributed by atoms with van der Waals surface area (Å²) in [7, 11) is 2.10. The second kappa shape index (κ2) is 7.74. The second-order valence-electron chi connectivity index (χ2n) is 6.88. The number of aromatic nitrogens is 2. The number of hydrogen-bond donors (Lipinski definition) is 1. The van der Waals surface area contributed by atoms with Crippen molar-refractivity contribution in [2.75, 3.05) is 20.1 Å². The molecule has 4 heteroatoms. The van der Waals surface area contributed by atoms with Gasteiger partial charge in [-0.05, 0) is 48.0 Å². The van der Waals surface area contributed by atoms with E-state index in [1.54, 1.807) is 0 Å². The van der Waals surface area contributed by atoms with Gasteiger partial charge in [0, 0.05) is 25.3 Å². The van der Waals surface area contributed by atoms with Crippen molar-refractivity contribution in [3.63, 3.8) is 0 Å². The summed E-state index contributed by atoms with van der Waals surface area (Å²) in [4.78, 5) is 6.78. The minimum atomic E-state index is 0.684. The summed E-state index contributed by atoms with van der Waals surface area (Å²) in [5, 5.41) is 0. The normalized spacial score (nSPS) is 11.4. The van der Waals surface area contributed by atoms with Gasteiger partial charge in [-0.25, -0.2) is 4.98 Å². The Morgan fingerprint density at radius 1 is 0.926 bits per heavy atom. The fourth-order valence-electron chi connectivity index (χ4n) is 3.40. The Bertz CT molecular complexity index is 1020. The largest absolute Gasteiger partial charge is 0.329 e. The highest BCUT2D eigenvalue weighted by Gasteiger charge is 2.07. The molecule has 4 aromatic rings. The van der Waals surface area contributed by atoms with Crippen molar-refractivity contribution >= 4 is 11.0 Å². The van der Waals surface area contributed by atoms with Crippen LogP contribution in [-0.4, -0.2) is 34.6 Å². The molecule has 136 valence electrons. The summed E-state index contributed by atoms with van der Waals surface area (Å²) in [5.74, 6) is 0. The van der Waals surface area contributed by atoms with Crippen molar-refractivity contribution in [3.05, 3.63) is 84.7 Å². The summed E-state index contributed by atoms with van der Waals surface area (Å²) in [6, 6.07) is 25.5. The third kappa shape index (κ3) is 3.77. The number of likely N-dealkylation sites (N-methyl/N-ethyl adjacent to an activating group) is 1. The van der Waals surface area contributed by atoms with E-state index in [4.69, 9.17) is 5.73 Å². The third-order valence-corrected chi connectivity index (χ3v) is 4.83. The van der Waals surface area contributed by atoms with Crippen molar-refractivity contribution in [2.24, 2.45) is 5.73 Å². The number of fused-ring (bicyclic) bond motifs is 1. The van der Waals surface area contributed by atoms with Crippen molar-refractivity contribution < 1.29 is 0 Å². The average Bonchev–Trinajstić information content (AvgIpc) is 3.12. The Morgan fingerprint density at radius 2 is 1.67 bits per heavy atom. The van der Waals surface area contributed by atoms with E-state index in [9.17, 15) is 0 Å². The lowest BCUT2D eigenvalue weighted by molar-refractivity contribution is 0.336. The molecule has 4 nitrogen and oxygen atoms in total. The van der Waals surface area contributed by atoms with Crippen LogP contribution in [0.2, 0.25) is 0 Å². The topological polar surface area (TPSA) is 47.1 Å². The molecule has 4 rings (SSSR count). The van der Waals surface area contributed by atoms with E-state index in [1.165, 1.54) is 16.7 Å². The number of nitrogens with two attached hydrogens (primary N) is 1. The molecule has 0 saturated heterocycles. The predicted octanol–water partition coefficient (Wildman–Crippen LogP) is 4.08. The van der Waals surface area contributed by atoms with Crippen LogP contribution in [0.5, 0.6) is 0 Å². The first-order chi connectivity index (χ1) is 13.2. The molecule has 0 aliphatic carbocycles. The predicted molar refractivity (Wildman–Crippen MR) is 112 cm³/mol. The zero-order valence-electron chi connectivity index (χ0n) is 15.5. The van der Waals surface area contributed by atoms with Gasteiger partial charge in [0.1, 0.15) is 6.33 Å². The van der Waals surface area contributed by atoms with Crippen LogP contribution in [0, 0.1) is 0 Å². The van der Waals surface area contributed by atoms with Crippen LogP contribution in [0.1, 0.15) is 5.56 Å². The molecule has 0 aliphatic heterocycles. The molecule has 1 aromatic heterocycles. The van der Waals surface area contributed by atoms with E-state index in [0.717, 1.165) is 29.8 Å². The van der Waals surface area contributed by atoms with E-state index >= 15 is 0 Å². The molecule has 27 heavy (non-hydrogen) atoms. The molecule has 0 fully saturated rings. The molecule has 2 N–H and O–H groups in total. The van der Waals surface area contributed by atoms with E-state index in [2.05, 4.69) is 76.1 Å². The first-order valence-corrected chi connectivity index (χ1v) is 9.25. The van der Waals surface area contributed by atoms with E-state index < -0.39 is 0 Å². The highest BCUT2D eigenvalue weighted by atomic mass is 15.1. The number of nitrogens with zero attached hydrogens (tertiary/aromatic N) is 3. The summed E-state index contributed by atoms with van der Waals surface area (Å²) in [6.07, 6.45) is 1.89. The minimum absolute atomic E-state index is 0.684. The van der Waals surface area contributed by atoms with Gasteiger partial charge < -0.3 is 10.6 Å². The molecule has 0 radical (unpaired) electrons. The van der Waals surface area contributed by atoms with Crippen molar-refractivity contribution in [3.8, 4) is 16.8 Å². The number of imidazole rings is 1. The van der Waals surface area contributed by atoms with Gasteiger partial charge in [-0.2, -0.15) is 0 Å². The number of hydrogen-bond acceptors (Lipinski definition) is 3. The van der Waals surface area contributed by atoms with Crippen LogP contribution >= 0.6 is 0 Å². The molecule has 0 spiro atoms. The lowest BCUT2D eigenvalue weighted by Gasteiger charge is -2.15. The summed E-state index contributed by atoms with van der Waals surface area (Å²) < 4.78 is 2.13. The van der Waals surface area contributed by atoms with Crippen LogP contribution in [0.4, 0.5) is 0 Å². The van der Waals surface area contributed by atoms with Gasteiger partial charge in [0.2, 0.25) is 0 Å². The number of benzene rings is 3. The average molecular weight is 356 g/mol. The highest BCUT2D eigenvalue weighted by molar-refractivity contribution is 5.83. The zero-order valence-corrected chi connectivity index (χ0v) is 15.5. The van der Waals surface area contributed by atoms with Crippen molar-refractivity contribution in [1.29, 1.82) is 0 Å².